The van der Waals surface area contributed by atoms with E-state index >= 15 is 0 Å². The summed E-state index contributed by atoms with van der Waals surface area (Å²) >= 11 is 14.8. The maximum absolute atomic E-state index is 8.88. The van der Waals surface area contributed by atoms with Crippen LogP contribution >= 0.6 is 42.6 Å². The molecular formula is C9H12Cl3O4P. The maximum atomic E-state index is 8.88. The second kappa shape index (κ2) is 24.8. The minimum atomic E-state index is -4.64. The van der Waals surface area contributed by atoms with Gasteiger partial charge in [-0.1, -0.05) is 17.8 Å². The Morgan fingerprint density at radius 2 is 0.882 bits per heavy atom. The van der Waals surface area contributed by atoms with E-state index in [1.807, 2.05) is 0 Å². The van der Waals surface area contributed by atoms with Gasteiger partial charge < -0.3 is 14.7 Å². The summed E-state index contributed by atoms with van der Waals surface area (Å²) in [7, 11) is -4.64. The highest BCUT2D eigenvalue weighted by molar-refractivity contribution is 7.45. The van der Waals surface area contributed by atoms with E-state index in [2.05, 4.69) is 37.0 Å². The second-order valence-corrected chi connectivity index (χ2v) is 3.35. The second-order valence-electron chi connectivity index (χ2n) is 1.53. The van der Waals surface area contributed by atoms with E-state index in [9.17, 15) is 0 Å². The molecule has 0 aliphatic heterocycles. The van der Waals surface area contributed by atoms with Gasteiger partial charge in [0.2, 0.25) is 0 Å². The molecule has 0 aromatic carbocycles. The predicted octanol–water partition coefficient (Wildman–Crippen LogP) is 1.65. The molecule has 0 saturated carbocycles. The average molecular weight is 322 g/mol. The molecule has 0 aliphatic rings. The van der Waals surface area contributed by atoms with E-state index in [1.165, 1.54) is 0 Å². The largest absolute Gasteiger partial charge is 0.466 e. The van der Waals surface area contributed by atoms with Crippen LogP contribution in [0.4, 0.5) is 0 Å². The number of hydrogen-bond donors (Lipinski definition) is 3. The van der Waals surface area contributed by atoms with Crippen molar-refractivity contribution < 1.29 is 19.2 Å². The first-order valence-electron chi connectivity index (χ1n) is 3.51. The summed E-state index contributed by atoms with van der Waals surface area (Å²) in [5.41, 5.74) is 0. The van der Waals surface area contributed by atoms with Crippen LogP contribution in [0, 0.1) is 37.0 Å². The third-order valence-corrected chi connectivity index (χ3v) is 0.694. The summed E-state index contributed by atoms with van der Waals surface area (Å²) in [5.74, 6) is 7.55. The van der Waals surface area contributed by atoms with E-state index < -0.39 is 7.82 Å². The van der Waals surface area contributed by atoms with Gasteiger partial charge in [0.05, 0.1) is 17.6 Å². The van der Waals surface area contributed by atoms with Gasteiger partial charge in [0.25, 0.3) is 0 Å². The summed E-state index contributed by atoms with van der Waals surface area (Å²) < 4.78 is 8.88. The molecule has 0 aromatic rings. The monoisotopic (exact) mass is 320 g/mol. The Kier molecular flexibility index (Phi) is 37.1. The number of rotatable bonds is 0. The molecule has 0 spiro atoms. The van der Waals surface area contributed by atoms with Crippen molar-refractivity contribution in [3.05, 3.63) is 0 Å². The van der Waals surface area contributed by atoms with E-state index in [1.54, 1.807) is 0 Å². The molecule has 0 atom stereocenters. The smallest absolute Gasteiger partial charge is 0.303 e. The van der Waals surface area contributed by atoms with Crippen molar-refractivity contribution in [1.82, 2.24) is 0 Å². The van der Waals surface area contributed by atoms with Gasteiger partial charge in [-0.25, -0.2) is 4.57 Å². The summed E-state index contributed by atoms with van der Waals surface area (Å²) in [6.45, 7) is 0. The Labute approximate surface area is 117 Å². The minimum Gasteiger partial charge on any atom is -0.303 e. The maximum Gasteiger partial charge on any atom is 0.466 e. The molecule has 0 heterocycles. The van der Waals surface area contributed by atoms with Gasteiger partial charge in [0.1, 0.15) is 0 Å². The van der Waals surface area contributed by atoms with E-state index in [4.69, 9.17) is 54.0 Å². The Bertz CT molecular complexity index is 253. The Hall–Kier alpha value is -0.340. The van der Waals surface area contributed by atoms with Gasteiger partial charge in [0, 0.05) is 0 Å². The lowest BCUT2D eigenvalue weighted by Gasteiger charge is -1.82. The summed E-state index contributed by atoms with van der Waals surface area (Å²) in [5, 5.41) is 0. The van der Waals surface area contributed by atoms with Crippen molar-refractivity contribution in [2.75, 3.05) is 17.6 Å². The zero-order valence-electron chi connectivity index (χ0n) is 8.68. The van der Waals surface area contributed by atoms with Crippen molar-refractivity contribution in [2.24, 2.45) is 0 Å². The van der Waals surface area contributed by atoms with Crippen LogP contribution in [0.3, 0.4) is 0 Å². The van der Waals surface area contributed by atoms with Crippen molar-refractivity contribution >= 4 is 42.6 Å². The van der Waals surface area contributed by atoms with Crippen molar-refractivity contribution in [3.63, 3.8) is 0 Å². The first-order chi connectivity index (χ1) is 7.74. The van der Waals surface area contributed by atoms with Crippen LogP contribution in [0.25, 0.3) is 0 Å². The number of phosphoric acid groups is 1. The van der Waals surface area contributed by atoms with Crippen molar-refractivity contribution in [2.45, 2.75) is 0 Å². The number of terminal acetylenes is 3. The average Bonchev–Trinajstić information content (AvgIpc) is 2.27. The molecule has 4 nitrogen and oxygen atoms in total. The third-order valence-electron chi connectivity index (χ3n) is 0.231. The lowest BCUT2D eigenvalue weighted by molar-refractivity contribution is 0.275. The Morgan fingerprint density at radius 1 is 0.824 bits per heavy atom. The molecule has 3 N–H and O–H groups in total. The third kappa shape index (κ3) is 413. The topological polar surface area (TPSA) is 77.8 Å². The summed E-state index contributed by atoms with van der Waals surface area (Å²) in [6, 6.07) is 0. The van der Waals surface area contributed by atoms with Crippen molar-refractivity contribution in [3.8, 4) is 37.0 Å². The Morgan fingerprint density at radius 3 is 0.882 bits per heavy atom. The lowest BCUT2D eigenvalue weighted by Crippen LogP contribution is -1.66. The fourth-order valence-corrected chi connectivity index (χ4v) is 0. The van der Waals surface area contributed by atoms with Crippen LogP contribution in [-0.2, 0) is 4.57 Å². The van der Waals surface area contributed by atoms with Crippen LogP contribution in [0.15, 0.2) is 0 Å². The van der Waals surface area contributed by atoms with Crippen molar-refractivity contribution in [1.29, 1.82) is 0 Å². The highest BCUT2D eigenvalue weighted by atomic mass is 35.5. The molecule has 0 radical (unpaired) electrons. The van der Waals surface area contributed by atoms with Crippen LogP contribution in [0.1, 0.15) is 0 Å². The number of alkyl halides is 3. The number of halogens is 3. The van der Waals surface area contributed by atoms with Gasteiger partial charge >= 0.3 is 7.82 Å². The van der Waals surface area contributed by atoms with Crippen LogP contribution < -0.4 is 0 Å². The van der Waals surface area contributed by atoms with Crippen LogP contribution in [-0.4, -0.2) is 32.3 Å². The summed E-state index contributed by atoms with van der Waals surface area (Å²) in [4.78, 5) is 21.6. The Balaban J connectivity index is -0.0000000667. The molecule has 0 rings (SSSR count). The first-order valence-corrected chi connectivity index (χ1v) is 6.68. The lowest BCUT2D eigenvalue weighted by atomic mass is 10.8. The van der Waals surface area contributed by atoms with Gasteiger partial charge in [-0.3, -0.25) is 0 Å². The van der Waals surface area contributed by atoms with Gasteiger partial charge in [-0.05, 0) is 0 Å². The number of hydrogen-bond acceptors (Lipinski definition) is 1. The normalized spacial score (nSPS) is 7.00. The molecule has 0 unspecified atom stereocenters. The molecule has 0 aliphatic carbocycles. The molecule has 0 aromatic heterocycles. The van der Waals surface area contributed by atoms with E-state index in [0.29, 0.717) is 17.6 Å². The van der Waals surface area contributed by atoms with Gasteiger partial charge in [-0.2, -0.15) is 0 Å². The molecule has 0 fully saturated rings. The quantitative estimate of drug-likeness (QED) is 0.360. The molecule has 0 saturated heterocycles. The SMILES string of the molecule is C#CCCl.C#CCCl.C#CCCl.O=P(O)(O)O. The molecular weight excluding hydrogens is 309 g/mol. The highest BCUT2D eigenvalue weighted by Crippen LogP contribution is 2.25. The first kappa shape index (κ1) is 25.5. The van der Waals surface area contributed by atoms with E-state index in [-0.39, 0.29) is 0 Å². The minimum absolute atomic E-state index is 0.319. The van der Waals surface area contributed by atoms with Crippen LogP contribution in [0.2, 0.25) is 0 Å². The highest BCUT2D eigenvalue weighted by Gasteiger charge is 2.00. The fraction of sp³-hybridized carbons (Fsp3) is 0.333. The standard InChI is InChI=1S/3C3H3Cl.H3O4P/c3*1-2-3-4;1-5(2,3)4/h3*1H,3H2;(H3,1,2,3,4). The fourth-order valence-electron chi connectivity index (χ4n) is 0. The zero-order valence-corrected chi connectivity index (χ0v) is 11.8. The van der Waals surface area contributed by atoms with E-state index in [0.717, 1.165) is 0 Å². The van der Waals surface area contributed by atoms with Gasteiger partial charge in [-0.15, -0.1) is 54.1 Å². The molecule has 98 valence electrons. The molecule has 8 heteroatoms. The van der Waals surface area contributed by atoms with Crippen LogP contribution in [0.5, 0.6) is 0 Å². The molecule has 17 heavy (non-hydrogen) atoms. The summed E-state index contributed by atoms with van der Waals surface area (Å²) in [6.07, 6.45) is 13.9. The predicted molar refractivity (Wildman–Crippen MR) is 72.9 cm³/mol. The zero-order chi connectivity index (χ0) is 14.7. The molecule has 0 bridgehead atoms. The van der Waals surface area contributed by atoms with Gasteiger partial charge in [0.15, 0.2) is 0 Å². The molecule has 0 amide bonds.